The molecule has 1 aromatic heterocycles. The molecular weight excluding hydrogens is 222 g/mol. The summed E-state index contributed by atoms with van der Waals surface area (Å²) in [4.78, 5) is 11.8. The lowest BCUT2D eigenvalue weighted by atomic mass is 10.1. The Morgan fingerprint density at radius 3 is 2.94 bits per heavy atom. The number of carbonyl (C=O) groups is 1. The summed E-state index contributed by atoms with van der Waals surface area (Å²) in [6.07, 6.45) is 1.21. The fourth-order valence-electron chi connectivity index (χ4n) is 1.66. The van der Waals surface area contributed by atoms with E-state index in [0.717, 1.165) is 6.42 Å². The molecule has 0 saturated carbocycles. The minimum atomic E-state index is -0.930. The molecule has 1 aromatic carbocycles. The van der Waals surface area contributed by atoms with Gasteiger partial charge in [0.1, 0.15) is 6.04 Å². The number of carboxylic acids is 1. The molecule has 0 aliphatic carbocycles. The first kappa shape index (κ1) is 11.1. The molecule has 0 spiro atoms. The van der Waals surface area contributed by atoms with Crippen LogP contribution < -0.4 is 5.73 Å². The van der Waals surface area contributed by atoms with Gasteiger partial charge in [0.2, 0.25) is 0 Å². The second kappa shape index (κ2) is 4.63. The molecule has 2 aromatic rings. The van der Waals surface area contributed by atoms with Gasteiger partial charge in [0.05, 0.1) is 0 Å². The maximum atomic E-state index is 10.6. The van der Waals surface area contributed by atoms with Gasteiger partial charge >= 0.3 is 5.97 Å². The predicted octanol–water partition coefficient (Wildman–Crippen LogP) is 2.25. The molecule has 3 nitrogen and oxygen atoms in total. The van der Waals surface area contributed by atoms with Gasteiger partial charge in [0.15, 0.2) is 0 Å². The zero-order valence-corrected chi connectivity index (χ0v) is 9.54. The van der Waals surface area contributed by atoms with E-state index in [1.165, 1.54) is 15.6 Å². The fourth-order valence-corrected chi connectivity index (χ4v) is 2.68. The molecule has 0 saturated heterocycles. The molecule has 1 atom stereocenters. The largest absolute Gasteiger partial charge is 0.480 e. The van der Waals surface area contributed by atoms with Crippen LogP contribution >= 0.6 is 11.3 Å². The number of aliphatic carboxylic acids is 1. The summed E-state index contributed by atoms with van der Waals surface area (Å²) in [5.41, 5.74) is 5.48. The van der Waals surface area contributed by atoms with Gasteiger partial charge in [-0.1, -0.05) is 24.3 Å². The summed E-state index contributed by atoms with van der Waals surface area (Å²) < 4.78 is 0. The van der Waals surface area contributed by atoms with Gasteiger partial charge in [-0.15, -0.1) is 11.3 Å². The zero-order chi connectivity index (χ0) is 11.5. The Hall–Kier alpha value is -1.39. The van der Waals surface area contributed by atoms with Gasteiger partial charge in [0, 0.05) is 4.88 Å². The molecular formula is C12H13NO2S. The van der Waals surface area contributed by atoms with Crippen molar-refractivity contribution in [1.82, 2.24) is 0 Å². The van der Waals surface area contributed by atoms with E-state index in [2.05, 4.69) is 17.5 Å². The SMILES string of the molecule is NC(CCc1scc2ccccc12)C(=O)O. The molecule has 84 valence electrons. The minimum Gasteiger partial charge on any atom is -0.480 e. The highest BCUT2D eigenvalue weighted by Crippen LogP contribution is 2.26. The van der Waals surface area contributed by atoms with E-state index in [9.17, 15) is 4.79 Å². The average Bonchev–Trinajstić information content (AvgIpc) is 2.69. The lowest BCUT2D eigenvalue weighted by molar-refractivity contribution is -0.138. The molecule has 2 rings (SSSR count). The van der Waals surface area contributed by atoms with Crippen LogP contribution in [-0.4, -0.2) is 17.1 Å². The van der Waals surface area contributed by atoms with Crippen LogP contribution in [0.5, 0.6) is 0 Å². The molecule has 1 unspecified atom stereocenters. The number of hydrogen-bond donors (Lipinski definition) is 2. The summed E-state index contributed by atoms with van der Waals surface area (Å²) in [7, 11) is 0. The Morgan fingerprint density at radius 2 is 2.19 bits per heavy atom. The number of fused-ring (bicyclic) bond motifs is 1. The van der Waals surface area contributed by atoms with E-state index in [0.29, 0.717) is 6.42 Å². The smallest absolute Gasteiger partial charge is 0.320 e. The van der Waals surface area contributed by atoms with Crippen molar-refractivity contribution >= 4 is 28.1 Å². The Morgan fingerprint density at radius 1 is 1.44 bits per heavy atom. The first-order valence-electron chi connectivity index (χ1n) is 5.12. The van der Waals surface area contributed by atoms with Crippen molar-refractivity contribution in [3.63, 3.8) is 0 Å². The third kappa shape index (κ3) is 2.23. The summed E-state index contributed by atoms with van der Waals surface area (Å²) in [6, 6.07) is 7.36. The Balaban J connectivity index is 2.13. The van der Waals surface area contributed by atoms with E-state index < -0.39 is 12.0 Å². The second-order valence-corrected chi connectivity index (χ2v) is 4.69. The van der Waals surface area contributed by atoms with E-state index in [1.807, 2.05) is 12.1 Å². The van der Waals surface area contributed by atoms with Crippen LogP contribution in [0.4, 0.5) is 0 Å². The van der Waals surface area contributed by atoms with Gasteiger partial charge in [-0.2, -0.15) is 0 Å². The van der Waals surface area contributed by atoms with Crippen molar-refractivity contribution in [3.8, 4) is 0 Å². The Kier molecular flexibility index (Phi) is 3.22. The van der Waals surface area contributed by atoms with Crippen molar-refractivity contribution in [3.05, 3.63) is 34.5 Å². The van der Waals surface area contributed by atoms with Gasteiger partial charge < -0.3 is 10.8 Å². The van der Waals surface area contributed by atoms with Crippen LogP contribution in [0.2, 0.25) is 0 Å². The van der Waals surface area contributed by atoms with Crippen LogP contribution in [-0.2, 0) is 11.2 Å². The van der Waals surface area contributed by atoms with Crippen LogP contribution in [0.3, 0.4) is 0 Å². The van der Waals surface area contributed by atoms with E-state index in [1.54, 1.807) is 11.3 Å². The Labute approximate surface area is 97.5 Å². The van der Waals surface area contributed by atoms with Crippen molar-refractivity contribution in [2.45, 2.75) is 18.9 Å². The topological polar surface area (TPSA) is 63.3 Å². The normalized spacial score (nSPS) is 12.8. The predicted molar refractivity (Wildman–Crippen MR) is 65.8 cm³/mol. The van der Waals surface area contributed by atoms with Gasteiger partial charge in [0.25, 0.3) is 0 Å². The molecule has 0 radical (unpaired) electrons. The molecule has 16 heavy (non-hydrogen) atoms. The minimum absolute atomic E-state index is 0.486. The summed E-state index contributed by atoms with van der Waals surface area (Å²) in [6.45, 7) is 0. The standard InChI is InChI=1S/C12H13NO2S/c13-10(12(14)15)5-6-11-9-4-2-1-3-8(9)7-16-11/h1-4,7,10H,5-6,13H2,(H,14,15). The summed E-state index contributed by atoms with van der Waals surface area (Å²) >= 11 is 1.67. The highest BCUT2D eigenvalue weighted by Gasteiger charge is 2.12. The third-order valence-corrected chi connectivity index (χ3v) is 3.67. The first-order chi connectivity index (χ1) is 7.68. The number of carboxylic acid groups (broad SMARTS) is 1. The van der Waals surface area contributed by atoms with E-state index >= 15 is 0 Å². The second-order valence-electron chi connectivity index (χ2n) is 3.73. The van der Waals surface area contributed by atoms with Crippen molar-refractivity contribution in [2.75, 3.05) is 0 Å². The molecule has 0 fully saturated rings. The number of rotatable bonds is 4. The molecule has 0 bridgehead atoms. The highest BCUT2D eigenvalue weighted by atomic mass is 32.1. The fraction of sp³-hybridized carbons (Fsp3) is 0.250. The number of thiophene rings is 1. The van der Waals surface area contributed by atoms with Gasteiger partial charge in [-0.25, -0.2) is 0 Å². The molecule has 3 N–H and O–H groups in total. The summed E-state index contributed by atoms with van der Waals surface area (Å²) in [5, 5.41) is 13.2. The molecule has 4 heteroatoms. The molecule has 1 heterocycles. The van der Waals surface area contributed by atoms with Crippen molar-refractivity contribution in [2.24, 2.45) is 5.73 Å². The number of aryl methyl sites for hydroxylation is 1. The van der Waals surface area contributed by atoms with Crippen LogP contribution in [0.1, 0.15) is 11.3 Å². The van der Waals surface area contributed by atoms with Crippen molar-refractivity contribution in [1.29, 1.82) is 0 Å². The van der Waals surface area contributed by atoms with Gasteiger partial charge in [-0.05, 0) is 29.0 Å². The van der Waals surface area contributed by atoms with Gasteiger partial charge in [-0.3, -0.25) is 4.79 Å². The maximum Gasteiger partial charge on any atom is 0.320 e. The van der Waals surface area contributed by atoms with E-state index in [4.69, 9.17) is 10.8 Å². The lowest BCUT2D eigenvalue weighted by Crippen LogP contribution is -2.30. The van der Waals surface area contributed by atoms with E-state index in [-0.39, 0.29) is 0 Å². The summed E-state index contributed by atoms with van der Waals surface area (Å²) in [5.74, 6) is -0.930. The number of benzene rings is 1. The average molecular weight is 235 g/mol. The number of nitrogens with two attached hydrogens (primary N) is 1. The van der Waals surface area contributed by atoms with Crippen molar-refractivity contribution < 1.29 is 9.90 Å². The Bertz CT molecular complexity index is 506. The van der Waals surface area contributed by atoms with Crippen LogP contribution in [0.25, 0.3) is 10.8 Å². The maximum absolute atomic E-state index is 10.6. The van der Waals surface area contributed by atoms with Crippen LogP contribution in [0, 0.1) is 0 Å². The zero-order valence-electron chi connectivity index (χ0n) is 8.72. The number of hydrogen-bond acceptors (Lipinski definition) is 3. The first-order valence-corrected chi connectivity index (χ1v) is 6.00. The molecule has 0 aliphatic rings. The quantitative estimate of drug-likeness (QED) is 0.854. The molecule has 0 amide bonds. The van der Waals surface area contributed by atoms with Crippen LogP contribution in [0.15, 0.2) is 29.6 Å². The monoisotopic (exact) mass is 235 g/mol. The lowest BCUT2D eigenvalue weighted by Gasteiger charge is -2.04. The molecule has 0 aliphatic heterocycles. The highest BCUT2D eigenvalue weighted by molar-refractivity contribution is 7.11. The third-order valence-electron chi connectivity index (χ3n) is 2.59.